The molecule has 1 unspecified atom stereocenters. The summed E-state index contributed by atoms with van der Waals surface area (Å²) in [6.07, 6.45) is 4.64. The highest BCUT2D eigenvalue weighted by molar-refractivity contribution is 5.85. The van der Waals surface area contributed by atoms with Gasteiger partial charge >= 0.3 is 0 Å². The van der Waals surface area contributed by atoms with E-state index in [0.29, 0.717) is 5.52 Å². The van der Waals surface area contributed by atoms with Crippen LogP contribution in [0.4, 0.5) is 8.78 Å². The minimum absolute atomic E-state index is 0.158. The number of benzene rings is 2. The summed E-state index contributed by atoms with van der Waals surface area (Å²) in [6, 6.07) is 10.3. The summed E-state index contributed by atoms with van der Waals surface area (Å²) in [5.41, 5.74) is 3.78. The molecular weight excluding hydrogens is 280 g/mol. The molecule has 0 bridgehead atoms. The summed E-state index contributed by atoms with van der Waals surface area (Å²) in [5.74, 6) is -0.414. The van der Waals surface area contributed by atoms with Crippen LogP contribution < -0.4 is 0 Å². The minimum Gasteiger partial charge on any atom is -0.358 e. The Balaban J connectivity index is 1.99. The van der Waals surface area contributed by atoms with Crippen LogP contribution in [0.5, 0.6) is 0 Å². The maximum absolute atomic E-state index is 14.0. The smallest absolute Gasteiger partial charge is 0.147 e. The van der Waals surface area contributed by atoms with Crippen molar-refractivity contribution in [3.63, 3.8) is 0 Å². The van der Waals surface area contributed by atoms with E-state index in [4.69, 9.17) is 0 Å². The second-order valence-electron chi connectivity index (χ2n) is 6.10. The van der Waals surface area contributed by atoms with Crippen molar-refractivity contribution in [1.82, 2.24) is 4.98 Å². The van der Waals surface area contributed by atoms with E-state index in [0.717, 1.165) is 35.8 Å². The number of hydrogen-bond donors (Lipinski definition) is 1. The molecule has 4 rings (SSSR count). The molecule has 112 valence electrons. The van der Waals surface area contributed by atoms with Crippen LogP contribution in [0.3, 0.4) is 0 Å². The highest BCUT2D eigenvalue weighted by Crippen LogP contribution is 2.48. The fourth-order valence-corrected chi connectivity index (χ4v) is 4.07. The topological polar surface area (TPSA) is 15.8 Å². The number of rotatable bonds is 2. The van der Waals surface area contributed by atoms with Crippen molar-refractivity contribution in [3.8, 4) is 0 Å². The molecule has 1 atom stereocenters. The average molecular weight is 297 g/mol. The van der Waals surface area contributed by atoms with Crippen LogP contribution in [-0.2, 0) is 11.8 Å². The number of aryl methyl sites for hydroxylation is 1. The van der Waals surface area contributed by atoms with Crippen LogP contribution >= 0.6 is 0 Å². The van der Waals surface area contributed by atoms with E-state index in [1.54, 1.807) is 12.1 Å². The van der Waals surface area contributed by atoms with Gasteiger partial charge in [0.2, 0.25) is 0 Å². The van der Waals surface area contributed by atoms with Gasteiger partial charge in [-0.15, -0.1) is 0 Å². The van der Waals surface area contributed by atoms with Crippen molar-refractivity contribution < 1.29 is 8.78 Å². The van der Waals surface area contributed by atoms with Gasteiger partial charge in [-0.25, -0.2) is 8.78 Å². The molecule has 2 aromatic carbocycles. The molecule has 0 radical (unpaired) electrons. The van der Waals surface area contributed by atoms with Crippen molar-refractivity contribution >= 4 is 10.9 Å². The number of H-pyrrole nitrogens is 1. The first-order valence-corrected chi connectivity index (χ1v) is 7.71. The Hall–Kier alpha value is -2.16. The number of hydrogen-bond acceptors (Lipinski definition) is 0. The van der Waals surface area contributed by atoms with E-state index >= 15 is 0 Å². The summed E-state index contributed by atoms with van der Waals surface area (Å²) in [7, 11) is 0. The lowest BCUT2D eigenvalue weighted by Crippen LogP contribution is -2.23. The zero-order valence-corrected chi connectivity index (χ0v) is 12.4. The second-order valence-corrected chi connectivity index (χ2v) is 6.10. The van der Waals surface area contributed by atoms with Crippen LogP contribution in [0.15, 0.2) is 42.6 Å². The predicted molar refractivity (Wildman–Crippen MR) is 84.0 cm³/mol. The Morgan fingerprint density at radius 2 is 2.00 bits per heavy atom. The maximum Gasteiger partial charge on any atom is 0.147 e. The van der Waals surface area contributed by atoms with Gasteiger partial charge in [-0.3, -0.25) is 0 Å². The van der Waals surface area contributed by atoms with Crippen molar-refractivity contribution in [1.29, 1.82) is 0 Å². The Kier molecular flexibility index (Phi) is 2.86. The third-order valence-electron chi connectivity index (χ3n) is 5.19. The fourth-order valence-electron chi connectivity index (χ4n) is 4.07. The molecule has 3 aromatic rings. The summed E-state index contributed by atoms with van der Waals surface area (Å²) in [4.78, 5) is 3.09. The molecule has 0 aliphatic heterocycles. The van der Waals surface area contributed by atoms with Gasteiger partial charge in [0.15, 0.2) is 0 Å². The molecule has 1 nitrogen and oxygen atoms in total. The molecule has 1 aliphatic rings. The lowest BCUT2D eigenvalue weighted by atomic mass is 9.73. The molecule has 1 aliphatic carbocycles. The first kappa shape index (κ1) is 13.5. The molecule has 0 saturated carbocycles. The SMILES string of the molecule is CCC1(c2c[nH]c3c(F)cccc23)CCc2cc(F)ccc21. The van der Waals surface area contributed by atoms with Gasteiger partial charge < -0.3 is 4.98 Å². The largest absolute Gasteiger partial charge is 0.358 e. The van der Waals surface area contributed by atoms with Gasteiger partial charge in [0, 0.05) is 17.0 Å². The van der Waals surface area contributed by atoms with Crippen LogP contribution in [0, 0.1) is 11.6 Å². The molecule has 1 aromatic heterocycles. The molecule has 0 fully saturated rings. The number of fused-ring (bicyclic) bond motifs is 2. The zero-order chi connectivity index (χ0) is 15.3. The zero-order valence-electron chi connectivity index (χ0n) is 12.4. The Bertz CT molecular complexity index is 865. The first-order chi connectivity index (χ1) is 10.7. The number of para-hydroxylation sites is 1. The molecule has 1 heterocycles. The highest BCUT2D eigenvalue weighted by atomic mass is 19.1. The summed E-state index contributed by atoms with van der Waals surface area (Å²) < 4.78 is 27.5. The van der Waals surface area contributed by atoms with Crippen molar-refractivity contribution in [3.05, 3.63) is 70.9 Å². The highest BCUT2D eigenvalue weighted by Gasteiger charge is 2.40. The fraction of sp³-hybridized carbons (Fsp3) is 0.263. The van der Waals surface area contributed by atoms with Crippen molar-refractivity contribution in [2.45, 2.75) is 31.6 Å². The van der Waals surface area contributed by atoms with Gasteiger partial charge in [0.05, 0.1) is 5.52 Å². The number of nitrogens with one attached hydrogen (secondary N) is 1. The Morgan fingerprint density at radius 3 is 2.82 bits per heavy atom. The standard InChI is InChI=1S/C19H17F2N/c1-2-19(9-8-12-10-13(20)6-7-15(12)19)16-11-22-18-14(16)4-3-5-17(18)21/h3-7,10-11,22H,2,8-9H2,1H3. The quantitative estimate of drug-likeness (QED) is 0.678. The molecule has 3 heteroatoms. The van der Waals surface area contributed by atoms with Gasteiger partial charge in [0.1, 0.15) is 11.6 Å². The minimum atomic E-state index is -0.229. The van der Waals surface area contributed by atoms with E-state index in [1.807, 2.05) is 18.3 Å². The molecule has 0 saturated heterocycles. The first-order valence-electron chi connectivity index (χ1n) is 7.71. The molecule has 0 spiro atoms. The molecule has 22 heavy (non-hydrogen) atoms. The third-order valence-corrected chi connectivity index (χ3v) is 5.19. The number of halogens is 2. The monoisotopic (exact) mass is 297 g/mol. The number of aromatic amines is 1. The predicted octanol–water partition coefficient (Wildman–Crippen LogP) is 5.09. The van der Waals surface area contributed by atoms with Crippen molar-refractivity contribution in [2.24, 2.45) is 0 Å². The maximum atomic E-state index is 14.0. The lowest BCUT2D eigenvalue weighted by molar-refractivity contribution is 0.496. The van der Waals surface area contributed by atoms with Crippen LogP contribution in [0.2, 0.25) is 0 Å². The van der Waals surface area contributed by atoms with Crippen LogP contribution in [0.1, 0.15) is 36.5 Å². The van der Waals surface area contributed by atoms with E-state index in [2.05, 4.69) is 11.9 Å². The van der Waals surface area contributed by atoms with Gasteiger partial charge in [0.25, 0.3) is 0 Å². The second kappa shape index (κ2) is 4.67. The average Bonchev–Trinajstić information content (AvgIpc) is 3.10. The Morgan fingerprint density at radius 1 is 1.14 bits per heavy atom. The van der Waals surface area contributed by atoms with Crippen molar-refractivity contribution in [2.75, 3.05) is 0 Å². The molecule has 0 amide bonds. The Labute approximate surface area is 128 Å². The summed E-state index contributed by atoms with van der Waals surface area (Å²) in [5, 5.41) is 0.930. The summed E-state index contributed by atoms with van der Waals surface area (Å²) in [6.45, 7) is 2.15. The van der Waals surface area contributed by atoms with E-state index in [1.165, 1.54) is 17.7 Å². The van der Waals surface area contributed by atoms with E-state index in [9.17, 15) is 8.78 Å². The third kappa shape index (κ3) is 1.68. The molecule has 1 N–H and O–H groups in total. The lowest BCUT2D eigenvalue weighted by Gasteiger charge is -2.29. The van der Waals surface area contributed by atoms with Crippen LogP contribution in [0.25, 0.3) is 10.9 Å². The summed E-state index contributed by atoms with van der Waals surface area (Å²) >= 11 is 0. The van der Waals surface area contributed by atoms with E-state index in [-0.39, 0.29) is 17.0 Å². The number of aromatic nitrogens is 1. The normalized spacial score (nSPS) is 20.5. The molecular formula is C19H17F2N. The van der Waals surface area contributed by atoms with Gasteiger partial charge in [-0.1, -0.05) is 25.1 Å². The van der Waals surface area contributed by atoms with Crippen LogP contribution in [-0.4, -0.2) is 4.98 Å². The van der Waals surface area contributed by atoms with Gasteiger partial charge in [-0.2, -0.15) is 0 Å². The van der Waals surface area contributed by atoms with E-state index < -0.39 is 0 Å². The van der Waals surface area contributed by atoms with Gasteiger partial charge in [-0.05, 0) is 54.2 Å².